The minimum atomic E-state index is 0.812. The molecule has 1 aromatic carbocycles. The summed E-state index contributed by atoms with van der Waals surface area (Å²) in [5, 5.41) is 3.51. The van der Waals surface area contributed by atoms with Gasteiger partial charge in [-0.25, -0.2) is 4.98 Å². The standard InChI is InChI=1S/C16H21N3/c1-3-13(11-17-7-1)9-12-5-6-14-15(10-12)19-8-2-4-16(19)18-14/h5-6,10,13,17H,1-4,7-9,11H2. The summed E-state index contributed by atoms with van der Waals surface area (Å²) in [4.78, 5) is 4.73. The Balaban J connectivity index is 1.63. The first-order valence-electron chi connectivity index (χ1n) is 7.59. The molecule has 0 saturated carbocycles. The molecule has 19 heavy (non-hydrogen) atoms. The third-order valence-electron chi connectivity index (χ3n) is 4.60. The van der Waals surface area contributed by atoms with Gasteiger partial charge in [0.25, 0.3) is 0 Å². The minimum Gasteiger partial charge on any atom is -0.328 e. The third-order valence-corrected chi connectivity index (χ3v) is 4.60. The molecule has 1 aromatic heterocycles. The summed E-state index contributed by atoms with van der Waals surface area (Å²) in [6, 6.07) is 6.87. The summed E-state index contributed by atoms with van der Waals surface area (Å²) in [7, 11) is 0. The zero-order valence-electron chi connectivity index (χ0n) is 11.4. The number of hydrogen-bond donors (Lipinski definition) is 1. The predicted molar refractivity (Wildman–Crippen MR) is 77.4 cm³/mol. The van der Waals surface area contributed by atoms with Gasteiger partial charge in [0, 0.05) is 13.0 Å². The monoisotopic (exact) mass is 255 g/mol. The van der Waals surface area contributed by atoms with E-state index >= 15 is 0 Å². The Hall–Kier alpha value is -1.35. The molecule has 3 heterocycles. The highest BCUT2D eigenvalue weighted by molar-refractivity contribution is 5.77. The number of benzene rings is 1. The smallest absolute Gasteiger partial charge is 0.109 e. The van der Waals surface area contributed by atoms with E-state index in [2.05, 4.69) is 28.1 Å². The van der Waals surface area contributed by atoms with Crippen molar-refractivity contribution in [3.05, 3.63) is 29.6 Å². The summed E-state index contributed by atoms with van der Waals surface area (Å²) in [6.45, 7) is 3.54. The summed E-state index contributed by atoms with van der Waals surface area (Å²) >= 11 is 0. The minimum absolute atomic E-state index is 0.812. The largest absolute Gasteiger partial charge is 0.328 e. The molecule has 2 aliphatic rings. The highest BCUT2D eigenvalue weighted by Gasteiger charge is 2.17. The van der Waals surface area contributed by atoms with Gasteiger partial charge in [0.15, 0.2) is 0 Å². The molecule has 1 N–H and O–H groups in total. The first-order chi connectivity index (χ1) is 9.40. The molecule has 0 aliphatic carbocycles. The summed E-state index contributed by atoms with van der Waals surface area (Å²) in [5.41, 5.74) is 4.02. The van der Waals surface area contributed by atoms with E-state index in [9.17, 15) is 0 Å². The number of rotatable bonds is 2. The van der Waals surface area contributed by atoms with E-state index in [1.54, 1.807) is 0 Å². The van der Waals surface area contributed by atoms with Crippen molar-refractivity contribution < 1.29 is 0 Å². The van der Waals surface area contributed by atoms with Gasteiger partial charge in [0.2, 0.25) is 0 Å². The average Bonchev–Trinajstić information content (AvgIpc) is 3.01. The Labute approximate surface area is 114 Å². The maximum atomic E-state index is 4.73. The number of piperidine rings is 1. The van der Waals surface area contributed by atoms with Crippen molar-refractivity contribution in [3.63, 3.8) is 0 Å². The van der Waals surface area contributed by atoms with Crippen molar-refractivity contribution in [2.24, 2.45) is 5.92 Å². The van der Waals surface area contributed by atoms with Gasteiger partial charge in [0.05, 0.1) is 11.0 Å². The molecule has 1 unspecified atom stereocenters. The molecule has 3 heteroatoms. The lowest BCUT2D eigenvalue weighted by Crippen LogP contribution is -2.30. The van der Waals surface area contributed by atoms with Crippen LogP contribution in [-0.2, 0) is 19.4 Å². The van der Waals surface area contributed by atoms with E-state index < -0.39 is 0 Å². The molecular formula is C16H21N3. The maximum Gasteiger partial charge on any atom is 0.109 e. The van der Waals surface area contributed by atoms with E-state index in [1.807, 2.05) is 0 Å². The highest BCUT2D eigenvalue weighted by Crippen LogP contribution is 2.25. The van der Waals surface area contributed by atoms with Crippen molar-refractivity contribution in [2.45, 2.75) is 38.6 Å². The lowest BCUT2D eigenvalue weighted by atomic mass is 9.92. The van der Waals surface area contributed by atoms with Crippen LogP contribution in [0, 0.1) is 5.92 Å². The molecule has 0 spiro atoms. The van der Waals surface area contributed by atoms with E-state index in [1.165, 1.54) is 61.2 Å². The van der Waals surface area contributed by atoms with Crippen LogP contribution < -0.4 is 5.32 Å². The first kappa shape index (κ1) is 11.5. The fourth-order valence-electron chi connectivity index (χ4n) is 3.61. The van der Waals surface area contributed by atoms with Crippen molar-refractivity contribution in [1.29, 1.82) is 0 Å². The Kier molecular flexibility index (Phi) is 2.80. The number of aromatic nitrogens is 2. The second-order valence-corrected chi connectivity index (χ2v) is 6.02. The van der Waals surface area contributed by atoms with Crippen molar-refractivity contribution in [2.75, 3.05) is 13.1 Å². The lowest BCUT2D eigenvalue weighted by molar-refractivity contribution is 0.376. The normalized spacial score (nSPS) is 22.8. The fourth-order valence-corrected chi connectivity index (χ4v) is 3.61. The SMILES string of the molecule is c1cc2nc3n(c2cc1CC1CCCNC1)CCC3. The molecule has 1 saturated heterocycles. The van der Waals surface area contributed by atoms with Gasteiger partial charge in [0.1, 0.15) is 5.82 Å². The molecule has 100 valence electrons. The van der Waals surface area contributed by atoms with Gasteiger partial charge in [-0.1, -0.05) is 6.07 Å². The van der Waals surface area contributed by atoms with E-state index in [0.717, 1.165) is 18.9 Å². The topological polar surface area (TPSA) is 29.9 Å². The van der Waals surface area contributed by atoms with Crippen LogP contribution in [0.25, 0.3) is 11.0 Å². The van der Waals surface area contributed by atoms with Gasteiger partial charge < -0.3 is 9.88 Å². The quantitative estimate of drug-likeness (QED) is 0.893. The third kappa shape index (κ3) is 2.06. The molecule has 0 amide bonds. The van der Waals surface area contributed by atoms with Crippen LogP contribution >= 0.6 is 0 Å². The number of aryl methyl sites for hydroxylation is 2. The number of nitrogens with one attached hydrogen (secondary N) is 1. The van der Waals surface area contributed by atoms with Crippen LogP contribution in [-0.4, -0.2) is 22.6 Å². The summed E-state index contributed by atoms with van der Waals surface area (Å²) in [6.07, 6.45) is 6.32. The Morgan fingerprint density at radius 3 is 3.21 bits per heavy atom. The molecule has 1 fully saturated rings. The van der Waals surface area contributed by atoms with Crippen molar-refractivity contribution in [1.82, 2.24) is 14.9 Å². The lowest BCUT2D eigenvalue weighted by Gasteiger charge is -2.22. The predicted octanol–water partition coefficient (Wildman–Crippen LogP) is 2.52. The molecule has 2 aliphatic heterocycles. The van der Waals surface area contributed by atoms with Crippen LogP contribution in [0.4, 0.5) is 0 Å². The van der Waals surface area contributed by atoms with E-state index in [4.69, 9.17) is 4.98 Å². The van der Waals surface area contributed by atoms with E-state index in [-0.39, 0.29) is 0 Å². The Bertz CT molecular complexity index is 593. The zero-order chi connectivity index (χ0) is 12.7. The van der Waals surface area contributed by atoms with Crippen molar-refractivity contribution in [3.8, 4) is 0 Å². The second-order valence-electron chi connectivity index (χ2n) is 6.02. The molecule has 3 nitrogen and oxygen atoms in total. The number of nitrogens with zero attached hydrogens (tertiary/aromatic N) is 2. The van der Waals surface area contributed by atoms with Crippen LogP contribution in [0.1, 0.15) is 30.7 Å². The molecule has 2 aromatic rings. The number of imidazole rings is 1. The van der Waals surface area contributed by atoms with Gasteiger partial charge in [-0.3, -0.25) is 0 Å². The van der Waals surface area contributed by atoms with Crippen LogP contribution in [0.5, 0.6) is 0 Å². The summed E-state index contributed by atoms with van der Waals surface area (Å²) in [5.74, 6) is 2.10. The van der Waals surface area contributed by atoms with Crippen LogP contribution in [0.15, 0.2) is 18.2 Å². The maximum absolute atomic E-state index is 4.73. The first-order valence-corrected chi connectivity index (χ1v) is 7.59. The fraction of sp³-hybridized carbons (Fsp3) is 0.562. The van der Waals surface area contributed by atoms with Gasteiger partial charge in [-0.2, -0.15) is 0 Å². The van der Waals surface area contributed by atoms with Crippen LogP contribution in [0.3, 0.4) is 0 Å². The Morgan fingerprint density at radius 2 is 2.32 bits per heavy atom. The Morgan fingerprint density at radius 1 is 1.32 bits per heavy atom. The number of hydrogen-bond acceptors (Lipinski definition) is 2. The molecule has 0 radical (unpaired) electrons. The molecular weight excluding hydrogens is 234 g/mol. The van der Waals surface area contributed by atoms with Gasteiger partial charge in [-0.05, 0) is 62.4 Å². The highest BCUT2D eigenvalue weighted by atomic mass is 15.1. The molecule has 4 rings (SSSR count). The molecule has 0 bridgehead atoms. The van der Waals surface area contributed by atoms with E-state index in [0.29, 0.717) is 0 Å². The summed E-state index contributed by atoms with van der Waals surface area (Å²) < 4.78 is 2.41. The number of fused-ring (bicyclic) bond motifs is 3. The van der Waals surface area contributed by atoms with Gasteiger partial charge >= 0.3 is 0 Å². The van der Waals surface area contributed by atoms with Crippen LogP contribution in [0.2, 0.25) is 0 Å². The zero-order valence-corrected chi connectivity index (χ0v) is 11.4. The average molecular weight is 255 g/mol. The molecule has 1 atom stereocenters. The second kappa shape index (κ2) is 4.64. The van der Waals surface area contributed by atoms with Gasteiger partial charge in [-0.15, -0.1) is 0 Å². The van der Waals surface area contributed by atoms with Crippen molar-refractivity contribution >= 4 is 11.0 Å².